The molecule has 0 aromatic rings. The molecule has 6 heteroatoms. The summed E-state index contributed by atoms with van der Waals surface area (Å²) in [5.74, 6) is 2.13. The molecule has 5 fully saturated rings. The van der Waals surface area contributed by atoms with E-state index >= 15 is 0 Å². The maximum Gasteiger partial charge on any atom is 0.321 e. The van der Waals surface area contributed by atoms with E-state index in [0.29, 0.717) is 35.7 Å². The Morgan fingerprint density at radius 3 is 2.53 bits per heavy atom. The summed E-state index contributed by atoms with van der Waals surface area (Å²) in [6, 6.07) is -0.449. The Bertz CT molecular complexity index is 800. The maximum atomic E-state index is 13.6. The average molecular weight is 434 g/mol. The fraction of sp³-hybridized carbons (Fsp3) is 0.875. The van der Waals surface area contributed by atoms with Gasteiger partial charge in [0.05, 0.1) is 4.87 Å². The van der Waals surface area contributed by atoms with Crippen LogP contribution < -0.4 is 5.32 Å². The lowest BCUT2D eigenvalue weighted by Crippen LogP contribution is -2.60. The molecule has 4 aliphatic carbocycles. The van der Waals surface area contributed by atoms with Crippen molar-refractivity contribution >= 4 is 29.3 Å². The highest BCUT2D eigenvalue weighted by molar-refractivity contribution is 8.01. The van der Waals surface area contributed by atoms with Crippen molar-refractivity contribution in [1.82, 2.24) is 5.32 Å². The van der Waals surface area contributed by atoms with Crippen molar-refractivity contribution in [3.8, 4) is 0 Å². The molecule has 1 aliphatic heterocycles. The van der Waals surface area contributed by atoms with Crippen LogP contribution in [0.3, 0.4) is 0 Å². The van der Waals surface area contributed by atoms with Gasteiger partial charge < -0.3 is 5.11 Å². The van der Waals surface area contributed by atoms with E-state index in [4.69, 9.17) is 0 Å². The van der Waals surface area contributed by atoms with Crippen LogP contribution in [0.5, 0.6) is 0 Å². The van der Waals surface area contributed by atoms with Crippen molar-refractivity contribution in [2.24, 2.45) is 40.4 Å². The van der Waals surface area contributed by atoms with Gasteiger partial charge in [-0.15, -0.1) is 11.8 Å². The Hall–Kier alpha value is -0.880. The van der Waals surface area contributed by atoms with E-state index in [0.717, 1.165) is 44.9 Å². The van der Waals surface area contributed by atoms with Gasteiger partial charge in [0, 0.05) is 24.0 Å². The normalized spacial score (nSPS) is 52.6. The van der Waals surface area contributed by atoms with Crippen LogP contribution in [0.4, 0.5) is 0 Å². The van der Waals surface area contributed by atoms with E-state index in [1.54, 1.807) is 18.7 Å². The van der Waals surface area contributed by atoms with Crippen LogP contribution in [-0.2, 0) is 14.4 Å². The molecule has 1 spiro atoms. The summed E-state index contributed by atoms with van der Waals surface area (Å²) in [7, 11) is 0. The number of aliphatic carboxylic acids is 1. The number of carbonyl (C=O) groups is 3. The van der Waals surface area contributed by atoms with Gasteiger partial charge in [-0.05, 0) is 80.5 Å². The van der Waals surface area contributed by atoms with E-state index in [2.05, 4.69) is 19.2 Å². The standard InChI is InChI=1S/C24H35NO4S/c1-13(26)16-6-7-17-15-5-4-14-10-24(25-18(12-30-24)21(28)29)9-8-22(14,2)20(15)19(27)11-23(16,17)3/h14-18,20,25H,4-12H2,1-3H3,(H,28,29)/t14-,15+,16-,17+,18+,20-,22+,23-,24+/m1/s1. The Morgan fingerprint density at radius 1 is 1.10 bits per heavy atom. The zero-order valence-corrected chi connectivity index (χ0v) is 19.2. The molecule has 1 saturated heterocycles. The second kappa shape index (κ2) is 6.81. The number of hydrogen-bond donors (Lipinski definition) is 2. The van der Waals surface area contributed by atoms with Crippen molar-refractivity contribution < 1.29 is 19.5 Å². The van der Waals surface area contributed by atoms with Gasteiger partial charge in [0.25, 0.3) is 0 Å². The molecule has 1 heterocycles. The van der Waals surface area contributed by atoms with Gasteiger partial charge in [-0.2, -0.15) is 0 Å². The van der Waals surface area contributed by atoms with Crippen molar-refractivity contribution in [3.05, 3.63) is 0 Å². The third kappa shape index (κ3) is 2.81. The molecule has 0 aromatic carbocycles. The van der Waals surface area contributed by atoms with E-state index in [9.17, 15) is 19.5 Å². The highest BCUT2D eigenvalue weighted by Crippen LogP contribution is 2.67. The Kier molecular flexibility index (Phi) is 4.76. The van der Waals surface area contributed by atoms with Crippen LogP contribution in [0.15, 0.2) is 0 Å². The smallest absolute Gasteiger partial charge is 0.321 e. The van der Waals surface area contributed by atoms with Crippen molar-refractivity contribution in [2.75, 3.05) is 5.75 Å². The first-order valence-electron chi connectivity index (χ1n) is 11.8. The van der Waals surface area contributed by atoms with Gasteiger partial charge in [-0.1, -0.05) is 13.8 Å². The number of carboxylic acids is 1. The van der Waals surface area contributed by atoms with Gasteiger partial charge in [0.15, 0.2) is 0 Å². The summed E-state index contributed by atoms with van der Waals surface area (Å²) in [6.07, 6.45) is 7.76. The monoisotopic (exact) mass is 433 g/mol. The number of nitrogens with one attached hydrogen (secondary N) is 1. The summed E-state index contributed by atoms with van der Waals surface area (Å²) in [6.45, 7) is 6.29. The fourth-order valence-corrected chi connectivity index (χ4v) is 10.3. The van der Waals surface area contributed by atoms with E-state index in [1.807, 2.05) is 0 Å². The predicted molar refractivity (Wildman–Crippen MR) is 116 cm³/mol. The van der Waals surface area contributed by atoms with Crippen LogP contribution in [0, 0.1) is 40.4 Å². The lowest BCUT2D eigenvalue weighted by molar-refractivity contribution is -0.159. The summed E-state index contributed by atoms with van der Waals surface area (Å²) in [4.78, 5) is 37.3. The molecule has 0 unspecified atom stereocenters. The minimum Gasteiger partial charge on any atom is -0.480 e. The lowest BCUT2D eigenvalue weighted by Gasteiger charge is -2.61. The zero-order valence-electron chi connectivity index (χ0n) is 18.4. The second-order valence-corrected chi connectivity index (χ2v) is 12.9. The van der Waals surface area contributed by atoms with E-state index in [-0.39, 0.29) is 33.3 Å². The Balaban J connectivity index is 1.40. The maximum absolute atomic E-state index is 13.6. The van der Waals surface area contributed by atoms with Gasteiger partial charge in [-0.3, -0.25) is 19.7 Å². The lowest BCUT2D eigenvalue weighted by atomic mass is 9.44. The van der Waals surface area contributed by atoms with Crippen LogP contribution in [-0.4, -0.2) is 39.3 Å². The zero-order chi connectivity index (χ0) is 21.5. The van der Waals surface area contributed by atoms with Crippen LogP contribution >= 0.6 is 11.8 Å². The van der Waals surface area contributed by atoms with Gasteiger partial charge in [0.2, 0.25) is 0 Å². The summed E-state index contributed by atoms with van der Waals surface area (Å²) < 4.78 is 0. The first kappa shape index (κ1) is 21.0. The quantitative estimate of drug-likeness (QED) is 0.687. The molecule has 4 saturated carbocycles. The second-order valence-electron chi connectivity index (χ2n) is 11.5. The largest absolute Gasteiger partial charge is 0.480 e. The summed E-state index contributed by atoms with van der Waals surface area (Å²) >= 11 is 1.79. The van der Waals surface area contributed by atoms with Crippen LogP contribution in [0.1, 0.15) is 72.1 Å². The number of hydrogen-bond acceptors (Lipinski definition) is 5. The molecule has 166 valence electrons. The van der Waals surface area contributed by atoms with Crippen molar-refractivity contribution in [3.63, 3.8) is 0 Å². The Morgan fingerprint density at radius 2 is 1.87 bits per heavy atom. The SMILES string of the molecule is CC(=O)[C@H]1CC[C@H]2[C@@H]3CC[C@@H]4C[C@@]5(CC[C@]4(C)[C@H]3C(=O)C[C@]12C)N[C@H](C(=O)O)CS5. The number of fused-ring (bicyclic) bond motifs is 5. The highest BCUT2D eigenvalue weighted by atomic mass is 32.2. The fourth-order valence-electron chi connectivity index (χ4n) is 8.75. The predicted octanol–water partition coefficient (Wildman–Crippen LogP) is 3.90. The third-order valence-electron chi connectivity index (χ3n) is 10.1. The van der Waals surface area contributed by atoms with Crippen molar-refractivity contribution in [2.45, 2.75) is 83.1 Å². The van der Waals surface area contributed by atoms with Gasteiger partial charge in [-0.25, -0.2) is 0 Å². The molecular weight excluding hydrogens is 398 g/mol. The minimum absolute atomic E-state index is 0.0183. The number of carbonyl (C=O) groups excluding carboxylic acids is 2. The molecule has 0 amide bonds. The van der Waals surface area contributed by atoms with Gasteiger partial charge in [0.1, 0.15) is 17.6 Å². The average Bonchev–Trinajstić information content (AvgIpc) is 3.23. The summed E-state index contributed by atoms with van der Waals surface area (Å²) in [5.41, 5.74) is -0.120. The number of thioether (sulfide) groups is 1. The topological polar surface area (TPSA) is 83.5 Å². The molecule has 0 aromatic heterocycles. The number of ketones is 2. The molecule has 9 atom stereocenters. The first-order chi connectivity index (χ1) is 14.1. The van der Waals surface area contributed by atoms with Crippen molar-refractivity contribution in [1.29, 1.82) is 0 Å². The van der Waals surface area contributed by atoms with E-state index < -0.39 is 12.0 Å². The molecule has 0 radical (unpaired) electrons. The first-order valence-corrected chi connectivity index (χ1v) is 12.8. The number of carboxylic acid groups (broad SMARTS) is 1. The summed E-state index contributed by atoms with van der Waals surface area (Å²) in [5, 5.41) is 12.9. The van der Waals surface area contributed by atoms with Crippen LogP contribution in [0.2, 0.25) is 0 Å². The van der Waals surface area contributed by atoms with Crippen LogP contribution in [0.25, 0.3) is 0 Å². The third-order valence-corrected chi connectivity index (χ3v) is 11.7. The number of rotatable bonds is 2. The molecule has 5 rings (SSSR count). The molecule has 5 nitrogen and oxygen atoms in total. The van der Waals surface area contributed by atoms with Gasteiger partial charge >= 0.3 is 5.97 Å². The highest BCUT2D eigenvalue weighted by Gasteiger charge is 2.65. The molecule has 30 heavy (non-hydrogen) atoms. The minimum atomic E-state index is -0.751. The molecule has 2 N–H and O–H groups in total. The Labute approximate surface area is 183 Å². The number of Topliss-reactive ketones (excluding diaryl/α,β-unsaturated/α-hetero) is 2. The molecule has 0 bridgehead atoms. The van der Waals surface area contributed by atoms with E-state index in [1.165, 1.54) is 0 Å². The molecule has 5 aliphatic rings. The molecular formula is C24H35NO4S.